The van der Waals surface area contributed by atoms with Gasteiger partial charge in [0.05, 0.1) is 78.8 Å². The second kappa shape index (κ2) is 15.1. The minimum Gasteiger partial charge on any atom is -0.378 e. The fourth-order valence-electron chi connectivity index (χ4n) is 12.6. The minimum absolute atomic E-state index is 0.0146. The molecule has 10 rings (SSSR count). The Morgan fingerprint density at radius 2 is 1.60 bits per heavy atom. The molecule has 0 aliphatic carbocycles. The molecule has 0 aromatic heterocycles. The average molecular weight is 770 g/mol. The van der Waals surface area contributed by atoms with Gasteiger partial charge in [0.1, 0.15) is 18.0 Å². The van der Waals surface area contributed by atoms with Gasteiger partial charge in [0, 0.05) is 61.4 Å². The molecule has 0 amide bonds. The van der Waals surface area contributed by atoms with Crippen molar-refractivity contribution in [3.8, 4) is 0 Å². The molecule has 10 aliphatic heterocycles. The Balaban J connectivity index is 0.997. The first-order chi connectivity index (χ1) is 26.4. The minimum atomic E-state index is -0.374. The Hall–Kier alpha value is -1.77. The summed E-state index contributed by atoms with van der Waals surface area (Å²) < 4.78 is 54.0. The van der Waals surface area contributed by atoms with Crippen LogP contribution in [0.1, 0.15) is 104 Å². The molecule has 2 unspecified atom stereocenters. The smallest absolute Gasteiger partial charge is 0.206 e. The second-order valence-electron chi connectivity index (χ2n) is 19.1. The predicted octanol–water partition coefficient (Wildman–Crippen LogP) is 5.94. The zero-order valence-corrected chi connectivity index (χ0v) is 33.2. The molecular formula is C43H63NO11. The lowest BCUT2D eigenvalue weighted by molar-refractivity contribution is -0.488. The Morgan fingerprint density at radius 3 is 2.40 bits per heavy atom. The van der Waals surface area contributed by atoms with Gasteiger partial charge in [-0.25, -0.2) is 0 Å². The average Bonchev–Trinajstić information content (AvgIpc) is 3.77. The number of Topliss-reactive ketones (excluding diaryl/α,β-unsaturated/α-hetero) is 1. The number of carbonyl (C=O) groups is 1. The molecule has 20 atom stereocenters. The fourth-order valence-corrected chi connectivity index (χ4v) is 12.6. The molecule has 0 N–H and O–H groups in total. The predicted molar refractivity (Wildman–Crippen MR) is 200 cm³/mol. The molecule has 12 nitrogen and oxygen atoms in total. The number of hydrogen-bond donors (Lipinski definition) is 0. The third-order valence-electron chi connectivity index (χ3n) is 15.5. The Morgan fingerprint density at radius 1 is 0.800 bits per heavy atom. The summed E-state index contributed by atoms with van der Waals surface area (Å²) in [5.41, 5.74) is 1.91. The maximum Gasteiger partial charge on any atom is 0.206 e. The van der Waals surface area contributed by atoms with Gasteiger partial charge in [0.2, 0.25) is 6.54 Å². The number of nitrogens with zero attached hydrogens (tertiary/aromatic N) is 1. The molecule has 10 aliphatic rings. The summed E-state index contributed by atoms with van der Waals surface area (Å²) >= 11 is 0. The maximum absolute atomic E-state index is 14.2. The van der Waals surface area contributed by atoms with Crippen molar-refractivity contribution >= 4 is 5.78 Å². The first-order valence-electron chi connectivity index (χ1n) is 21.5. The number of carbonyl (C=O) groups excluding carboxylic acids is 1. The van der Waals surface area contributed by atoms with E-state index >= 15 is 0 Å². The molecule has 55 heavy (non-hydrogen) atoms. The molecule has 0 saturated carbocycles. The SMILES string of the molecule is C=C1C(C)[C@@H]2CC[C@@]34C[C@H]5[C@H]6O[C@H](CC[C@@H]6O[C@H]6[C@@H](O3)[C@@H](C4)O[C@@H]56)CC(=O)C[C@@H]3[C@@H](OC)[C@@H](CC(C)C[N+](=O)[O-])O[C@H]3C[C@H]3O[C@@H](CC[C@@H]1O2)C[C@@H](C)C3=C. The van der Waals surface area contributed by atoms with E-state index in [1.165, 1.54) is 5.57 Å². The van der Waals surface area contributed by atoms with Crippen LogP contribution in [-0.4, -0.2) is 115 Å². The van der Waals surface area contributed by atoms with Crippen LogP contribution in [0.2, 0.25) is 0 Å². The normalized spacial score (nSPS) is 51.5. The maximum atomic E-state index is 14.2. The van der Waals surface area contributed by atoms with Gasteiger partial charge in [0.25, 0.3) is 0 Å². The number of ketones is 1. The first-order valence-corrected chi connectivity index (χ1v) is 21.5. The third kappa shape index (κ3) is 7.21. The van der Waals surface area contributed by atoms with Crippen LogP contribution < -0.4 is 0 Å². The van der Waals surface area contributed by atoms with Gasteiger partial charge in [-0.15, -0.1) is 0 Å². The lowest BCUT2D eigenvalue weighted by Crippen LogP contribution is -2.58. The van der Waals surface area contributed by atoms with Crippen LogP contribution in [0.25, 0.3) is 0 Å². The van der Waals surface area contributed by atoms with Crippen molar-refractivity contribution in [3.63, 3.8) is 0 Å². The van der Waals surface area contributed by atoms with Crippen molar-refractivity contribution in [2.24, 2.45) is 29.6 Å². The van der Waals surface area contributed by atoms with Crippen LogP contribution in [0.4, 0.5) is 0 Å². The van der Waals surface area contributed by atoms with E-state index in [9.17, 15) is 14.9 Å². The lowest BCUT2D eigenvalue weighted by atomic mass is 9.73. The van der Waals surface area contributed by atoms with Crippen molar-refractivity contribution in [1.29, 1.82) is 0 Å². The van der Waals surface area contributed by atoms with Crippen molar-refractivity contribution in [1.82, 2.24) is 0 Å². The standard InChI is InChI=1S/C43H63NO11/c1-21(20-44(46)47)13-36-38(48-6)29-16-26(45)15-28-8-10-33-39(50-28)30-18-43(19-37-41(55-43)42(53-33)40(30)54-37)12-11-32-25(5)24(4)31(51-32)9-7-27-14-22(2)23(3)34(49-27)17-35(29)52-36/h21-22,25,27-42H,3-4,7-20H2,1-2,5-6H3/t21?,22-,25?,27+,28-,29+,30+,31+,32+,33+,34-,35+,36-,37-,38-,39-,40+,41+,42-,43+/m1/s1. The van der Waals surface area contributed by atoms with E-state index in [0.29, 0.717) is 19.3 Å². The van der Waals surface area contributed by atoms with Gasteiger partial charge in [0.15, 0.2) is 0 Å². The monoisotopic (exact) mass is 769 g/mol. The molecule has 306 valence electrons. The van der Waals surface area contributed by atoms with Crippen LogP contribution in [0, 0.1) is 39.7 Å². The molecule has 10 heterocycles. The summed E-state index contributed by atoms with van der Waals surface area (Å²) in [4.78, 5) is 25.3. The molecule has 10 saturated heterocycles. The molecule has 0 aromatic carbocycles. The zero-order valence-electron chi connectivity index (χ0n) is 33.2. The quantitative estimate of drug-likeness (QED) is 0.187. The van der Waals surface area contributed by atoms with Gasteiger partial charge in [-0.3, -0.25) is 14.9 Å². The van der Waals surface area contributed by atoms with Crippen LogP contribution in [0.5, 0.6) is 0 Å². The summed E-state index contributed by atoms with van der Waals surface area (Å²) in [6, 6.07) is 0. The number of nitro groups is 1. The first kappa shape index (κ1) is 38.7. The van der Waals surface area contributed by atoms with Crippen molar-refractivity contribution in [3.05, 3.63) is 34.4 Å². The summed E-state index contributed by atoms with van der Waals surface area (Å²) in [5.74, 6) is 0.358. The third-order valence-corrected chi connectivity index (χ3v) is 15.5. The summed E-state index contributed by atoms with van der Waals surface area (Å²) in [6.45, 7) is 15.3. The highest BCUT2D eigenvalue weighted by Gasteiger charge is 2.67. The van der Waals surface area contributed by atoms with Crippen LogP contribution in [0.3, 0.4) is 0 Å². The van der Waals surface area contributed by atoms with Gasteiger partial charge < -0.3 is 37.9 Å². The van der Waals surface area contributed by atoms with Crippen LogP contribution in [0.15, 0.2) is 24.3 Å². The van der Waals surface area contributed by atoms with Crippen molar-refractivity contribution < 1.29 is 47.6 Å². The highest BCUT2D eigenvalue weighted by Crippen LogP contribution is 2.57. The number of methoxy groups -OCH3 is 1. The van der Waals surface area contributed by atoms with Crippen LogP contribution in [-0.2, 0) is 42.7 Å². The number of ether oxygens (including phenoxy) is 8. The van der Waals surface area contributed by atoms with E-state index in [-0.39, 0.29) is 144 Å². The number of fused-ring (bicyclic) bond motifs is 6. The van der Waals surface area contributed by atoms with E-state index in [1.54, 1.807) is 7.11 Å². The molecular weight excluding hydrogens is 706 g/mol. The summed E-state index contributed by atoms with van der Waals surface area (Å²) in [5, 5.41) is 11.4. The highest BCUT2D eigenvalue weighted by atomic mass is 16.7. The Labute approximate surface area is 325 Å². The molecule has 1 spiro atoms. The van der Waals surface area contributed by atoms with Gasteiger partial charge in [-0.1, -0.05) is 33.9 Å². The molecule has 0 aromatic rings. The van der Waals surface area contributed by atoms with E-state index in [1.807, 2.05) is 6.92 Å². The van der Waals surface area contributed by atoms with Gasteiger partial charge in [-0.2, -0.15) is 0 Å². The van der Waals surface area contributed by atoms with E-state index < -0.39 is 0 Å². The van der Waals surface area contributed by atoms with Gasteiger partial charge in [-0.05, 0) is 74.9 Å². The zero-order chi connectivity index (χ0) is 38.3. The second-order valence-corrected chi connectivity index (χ2v) is 19.1. The molecule has 12 heteroatoms. The van der Waals surface area contributed by atoms with E-state index in [0.717, 1.165) is 63.4 Å². The van der Waals surface area contributed by atoms with Crippen molar-refractivity contribution in [2.75, 3.05) is 13.7 Å². The summed E-state index contributed by atoms with van der Waals surface area (Å²) in [7, 11) is 1.66. The lowest BCUT2D eigenvalue weighted by Gasteiger charge is -2.48. The number of hydrogen-bond acceptors (Lipinski definition) is 11. The highest BCUT2D eigenvalue weighted by molar-refractivity contribution is 5.79. The Kier molecular flexibility index (Phi) is 10.6. The molecule has 0 radical (unpaired) electrons. The topological polar surface area (TPSA) is 134 Å². The summed E-state index contributed by atoms with van der Waals surface area (Å²) in [6.07, 6.45) is 7.63. The van der Waals surface area contributed by atoms with E-state index in [4.69, 9.17) is 37.9 Å². The largest absolute Gasteiger partial charge is 0.378 e. The van der Waals surface area contributed by atoms with Crippen LogP contribution >= 0.6 is 0 Å². The molecule has 10 fully saturated rings. The molecule has 12 bridgehead atoms. The van der Waals surface area contributed by atoms with Crippen molar-refractivity contribution in [2.45, 2.75) is 195 Å². The van der Waals surface area contributed by atoms with E-state index in [2.05, 4.69) is 27.0 Å². The Bertz CT molecular complexity index is 1510. The number of rotatable bonds is 5. The fraction of sp³-hybridized carbons (Fsp3) is 0.884. The van der Waals surface area contributed by atoms with Gasteiger partial charge >= 0.3 is 0 Å².